The lowest BCUT2D eigenvalue weighted by Gasteiger charge is -2.14. The van der Waals surface area contributed by atoms with E-state index in [1.54, 1.807) is 6.08 Å². The lowest BCUT2D eigenvalue weighted by molar-refractivity contribution is 0.348. The van der Waals surface area contributed by atoms with Gasteiger partial charge in [0.05, 0.1) is 5.92 Å². The van der Waals surface area contributed by atoms with Gasteiger partial charge in [0.15, 0.2) is 5.82 Å². The van der Waals surface area contributed by atoms with Crippen LogP contribution in [0.2, 0.25) is 0 Å². The number of aromatic nitrogens is 2. The van der Waals surface area contributed by atoms with Crippen molar-refractivity contribution in [3.05, 3.63) is 24.4 Å². The van der Waals surface area contributed by atoms with Gasteiger partial charge in [-0.3, -0.25) is 0 Å². The number of rotatable bonds is 5. The fourth-order valence-corrected chi connectivity index (χ4v) is 1.60. The molecule has 0 amide bonds. The van der Waals surface area contributed by atoms with Crippen LogP contribution in [-0.2, 0) is 0 Å². The van der Waals surface area contributed by atoms with Crippen LogP contribution >= 0.6 is 0 Å². The highest BCUT2D eigenvalue weighted by atomic mass is 16.5. The highest BCUT2D eigenvalue weighted by molar-refractivity contribution is 5.10. The van der Waals surface area contributed by atoms with Crippen molar-refractivity contribution in [2.75, 3.05) is 0 Å². The third-order valence-electron chi connectivity index (χ3n) is 2.87. The molecule has 2 N–H and O–H groups in total. The van der Waals surface area contributed by atoms with Crippen molar-refractivity contribution in [2.45, 2.75) is 44.1 Å². The van der Waals surface area contributed by atoms with Crippen LogP contribution in [0.3, 0.4) is 0 Å². The minimum absolute atomic E-state index is 0.00926. The Kier molecular flexibility index (Phi) is 2.86. The topological polar surface area (TPSA) is 64.9 Å². The monoisotopic (exact) mass is 207 g/mol. The molecule has 82 valence electrons. The Morgan fingerprint density at radius 1 is 1.67 bits per heavy atom. The summed E-state index contributed by atoms with van der Waals surface area (Å²) in [7, 11) is 0. The van der Waals surface area contributed by atoms with Crippen LogP contribution in [0, 0.1) is 0 Å². The molecule has 0 radical (unpaired) electrons. The van der Waals surface area contributed by atoms with E-state index in [9.17, 15) is 0 Å². The molecule has 15 heavy (non-hydrogen) atoms. The van der Waals surface area contributed by atoms with Crippen LogP contribution in [0.15, 0.2) is 17.2 Å². The summed E-state index contributed by atoms with van der Waals surface area (Å²) in [5, 5.41) is 3.97. The Morgan fingerprint density at radius 3 is 2.93 bits per heavy atom. The van der Waals surface area contributed by atoms with Gasteiger partial charge in [-0.15, -0.1) is 6.58 Å². The quantitative estimate of drug-likeness (QED) is 0.749. The van der Waals surface area contributed by atoms with Gasteiger partial charge >= 0.3 is 0 Å². The summed E-state index contributed by atoms with van der Waals surface area (Å²) in [6, 6.07) is 0.00926. The van der Waals surface area contributed by atoms with Gasteiger partial charge in [0.2, 0.25) is 5.89 Å². The second-order valence-electron chi connectivity index (χ2n) is 4.10. The van der Waals surface area contributed by atoms with Crippen LogP contribution in [-0.4, -0.2) is 16.2 Å². The fraction of sp³-hybridized carbons (Fsp3) is 0.636. The molecule has 4 nitrogen and oxygen atoms in total. The molecule has 0 saturated heterocycles. The number of hydrogen-bond acceptors (Lipinski definition) is 4. The summed E-state index contributed by atoms with van der Waals surface area (Å²) in [6.07, 6.45) is 5.02. The Morgan fingerprint density at radius 2 is 2.40 bits per heavy atom. The first-order valence-electron chi connectivity index (χ1n) is 5.47. The first-order chi connectivity index (χ1) is 7.26. The second-order valence-corrected chi connectivity index (χ2v) is 4.10. The van der Waals surface area contributed by atoms with Crippen molar-refractivity contribution in [3.8, 4) is 0 Å². The van der Waals surface area contributed by atoms with Gasteiger partial charge in [-0.05, 0) is 19.3 Å². The lowest BCUT2D eigenvalue weighted by atomic mass is 9.98. The SMILES string of the molecule is C=CC(c1nc(C2CC2)no1)[C@@H](N)CC. The van der Waals surface area contributed by atoms with Crippen molar-refractivity contribution in [1.82, 2.24) is 10.1 Å². The molecule has 1 unspecified atom stereocenters. The highest BCUT2D eigenvalue weighted by Gasteiger charge is 2.30. The summed E-state index contributed by atoms with van der Waals surface area (Å²) < 4.78 is 5.23. The van der Waals surface area contributed by atoms with E-state index in [2.05, 4.69) is 16.7 Å². The number of nitrogens with zero attached hydrogens (tertiary/aromatic N) is 2. The van der Waals surface area contributed by atoms with E-state index in [1.807, 2.05) is 6.92 Å². The van der Waals surface area contributed by atoms with E-state index >= 15 is 0 Å². The average Bonchev–Trinajstić information content (AvgIpc) is 3.00. The van der Waals surface area contributed by atoms with Crippen molar-refractivity contribution >= 4 is 0 Å². The van der Waals surface area contributed by atoms with Crippen LogP contribution in [0.25, 0.3) is 0 Å². The van der Waals surface area contributed by atoms with Crippen molar-refractivity contribution in [3.63, 3.8) is 0 Å². The molecular weight excluding hydrogens is 190 g/mol. The Balaban J connectivity index is 2.14. The van der Waals surface area contributed by atoms with Crippen LogP contribution < -0.4 is 5.73 Å². The molecule has 4 heteroatoms. The molecule has 1 saturated carbocycles. The summed E-state index contributed by atoms with van der Waals surface area (Å²) >= 11 is 0. The van der Waals surface area contributed by atoms with Gasteiger partial charge in [0, 0.05) is 12.0 Å². The fourth-order valence-electron chi connectivity index (χ4n) is 1.60. The second kappa shape index (κ2) is 4.14. The average molecular weight is 207 g/mol. The Hall–Kier alpha value is -1.16. The summed E-state index contributed by atoms with van der Waals surface area (Å²) in [5.74, 6) is 1.95. The number of hydrogen-bond donors (Lipinski definition) is 1. The first-order valence-corrected chi connectivity index (χ1v) is 5.47. The highest BCUT2D eigenvalue weighted by Crippen LogP contribution is 2.38. The zero-order valence-corrected chi connectivity index (χ0v) is 9.02. The van der Waals surface area contributed by atoms with Gasteiger partial charge in [-0.1, -0.05) is 18.2 Å². The van der Waals surface area contributed by atoms with E-state index in [4.69, 9.17) is 10.3 Å². The Bertz CT molecular complexity index is 343. The third kappa shape index (κ3) is 2.09. The van der Waals surface area contributed by atoms with Gasteiger partial charge in [-0.25, -0.2) is 0 Å². The van der Waals surface area contributed by atoms with Crippen molar-refractivity contribution < 1.29 is 4.52 Å². The van der Waals surface area contributed by atoms with E-state index in [1.165, 1.54) is 12.8 Å². The molecule has 1 aliphatic carbocycles. The molecule has 2 atom stereocenters. The molecule has 1 aliphatic rings. The van der Waals surface area contributed by atoms with Gasteiger partial charge < -0.3 is 10.3 Å². The minimum Gasteiger partial charge on any atom is -0.339 e. The Labute approximate surface area is 89.5 Å². The van der Waals surface area contributed by atoms with Crippen molar-refractivity contribution in [1.29, 1.82) is 0 Å². The molecule has 1 aromatic rings. The maximum Gasteiger partial charge on any atom is 0.235 e. The predicted molar refractivity (Wildman–Crippen MR) is 57.5 cm³/mol. The molecule has 1 fully saturated rings. The maximum absolute atomic E-state index is 5.96. The van der Waals surface area contributed by atoms with Crippen LogP contribution in [0.4, 0.5) is 0 Å². The first kappa shape index (κ1) is 10.4. The molecular formula is C11H17N3O. The normalized spacial score (nSPS) is 19.9. The molecule has 0 bridgehead atoms. The summed E-state index contributed by atoms with van der Waals surface area (Å²) in [6.45, 7) is 5.81. The molecule has 0 aliphatic heterocycles. The molecule has 2 rings (SSSR count). The molecule has 1 aromatic heterocycles. The minimum atomic E-state index is -0.0185. The zero-order valence-electron chi connectivity index (χ0n) is 9.02. The predicted octanol–water partition coefficient (Wildman–Crippen LogP) is 1.95. The largest absolute Gasteiger partial charge is 0.339 e. The van der Waals surface area contributed by atoms with E-state index in [0.29, 0.717) is 11.8 Å². The number of nitrogens with two attached hydrogens (primary N) is 1. The molecule has 1 heterocycles. The van der Waals surface area contributed by atoms with E-state index in [-0.39, 0.29) is 12.0 Å². The lowest BCUT2D eigenvalue weighted by Crippen LogP contribution is -2.26. The molecule has 0 spiro atoms. The summed E-state index contributed by atoms with van der Waals surface area (Å²) in [5.41, 5.74) is 5.96. The zero-order chi connectivity index (χ0) is 10.8. The maximum atomic E-state index is 5.96. The standard InChI is InChI=1S/C11H17N3O/c1-3-8(9(12)4-2)11-13-10(14-15-11)7-5-6-7/h3,7-9H,1,4-6,12H2,2H3/t8?,9-/m0/s1. The summed E-state index contributed by atoms with van der Waals surface area (Å²) in [4.78, 5) is 4.38. The van der Waals surface area contributed by atoms with E-state index < -0.39 is 0 Å². The van der Waals surface area contributed by atoms with Crippen LogP contribution in [0.1, 0.15) is 49.7 Å². The van der Waals surface area contributed by atoms with Crippen LogP contribution in [0.5, 0.6) is 0 Å². The van der Waals surface area contributed by atoms with Crippen molar-refractivity contribution in [2.24, 2.45) is 5.73 Å². The smallest absolute Gasteiger partial charge is 0.235 e. The third-order valence-corrected chi connectivity index (χ3v) is 2.87. The van der Waals surface area contributed by atoms with Gasteiger partial charge in [-0.2, -0.15) is 4.98 Å². The van der Waals surface area contributed by atoms with Gasteiger partial charge in [0.25, 0.3) is 0 Å². The molecule has 0 aromatic carbocycles. The van der Waals surface area contributed by atoms with Gasteiger partial charge in [0.1, 0.15) is 0 Å². The van der Waals surface area contributed by atoms with E-state index in [0.717, 1.165) is 12.2 Å².